The number of hydrogen-bond acceptors (Lipinski definition) is 6. The van der Waals surface area contributed by atoms with Gasteiger partial charge in [0.1, 0.15) is 5.71 Å². The van der Waals surface area contributed by atoms with E-state index in [4.69, 9.17) is 0 Å². The van der Waals surface area contributed by atoms with Crippen LogP contribution < -0.4 is 10.6 Å². The van der Waals surface area contributed by atoms with E-state index in [1.54, 1.807) is 12.1 Å². The molecular weight excluding hydrogens is 392 g/mol. The van der Waals surface area contributed by atoms with Crippen LogP contribution >= 0.6 is 15.9 Å². The number of hydrogen-bond donors (Lipinski definition) is 3. The highest BCUT2D eigenvalue weighted by Crippen LogP contribution is 2.40. The number of rotatable bonds is 1. The number of amides is 1. The fraction of sp³-hybridized carbons (Fsp3) is 0. The molecule has 2 heterocycles. The SMILES string of the molecule is O=C1Nc2ccc([N+](=O)[O-])cc2/C1=C1/Nc2ccc(Br)cc2/C1=N\O. The number of halogens is 1. The third-order valence-corrected chi connectivity index (χ3v) is 4.54. The summed E-state index contributed by atoms with van der Waals surface area (Å²) in [6.07, 6.45) is 0. The normalized spacial score (nSPS) is 19.4. The van der Waals surface area contributed by atoms with Crippen molar-refractivity contribution >= 4 is 50.2 Å². The smallest absolute Gasteiger partial charge is 0.270 e. The van der Waals surface area contributed by atoms with E-state index in [9.17, 15) is 20.1 Å². The quantitative estimate of drug-likeness (QED) is 0.293. The van der Waals surface area contributed by atoms with Crippen LogP contribution in [0, 0.1) is 10.1 Å². The van der Waals surface area contributed by atoms with Gasteiger partial charge in [0.25, 0.3) is 11.6 Å². The highest BCUT2D eigenvalue weighted by Gasteiger charge is 2.35. The molecule has 2 aromatic carbocycles. The van der Waals surface area contributed by atoms with Crippen LogP contribution in [0.2, 0.25) is 0 Å². The Morgan fingerprint density at radius 3 is 2.52 bits per heavy atom. The Kier molecular flexibility index (Phi) is 3.32. The molecule has 25 heavy (non-hydrogen) atoms. The predicted molar refractivity (Wildman–Crippen MR) is 94.7 cm³/mol. The Morgan fingerprint density at radius 1 is 1.08 bits per heavy atom. The summed E-state index contributed by atoms with van der Waals surface area (Å²) in [5.74, 6) is -0.425. The van der Waals surface area contributed by atoms with Crippen molar-refractivity contribution < 1.29 is 14.9 Å². The fourth-order valence-electron chi connectivity index (χ4n) is 2.95. The zero-order valence-electron chi connectivity index (χ0n) is 12.4. The Morgan fingerprint density at radius 2 is 1.80 bits per heavy atom. The summed E-state index contributed by atoms with van der Waals surface area (Å²) in [7, 11) is 0. The average Bonchev–Trinajstić information content (AvgIpc) is 3.09. The van der Waals surface area contributed by atoms with Crippen molar-refractivity contribution in [2.24, 2.45) is 5.16 Å². The topological polar surface area (TPSA) is 117 Å². The molecule has 0 spiro atoms. The minimum absolute atomic E-state index is 0.130. The van der Waals surface area contributed by atoms with E-state index in [-0.39, 0.29) is 17.0 Å². The summed E-state index contributed by atoms with van der Waals surface area (Å²) in [6.45, 7) is 0. The largest absolute Gasteiger partial charge is 0.410 e. The second-order valence-corrected chi connectivity index (χ2v) is 6.37. The molecule has 0 saturated heterocycles. The molecule has 0 bridgehead atoms. The van der Waals surface area contributed by atoms with Crippen molar-refractivity contribution in [3.8, 4) is 0 Å². The van der Waals surface area contributed by atoms with E-state index in [1.807, 2.05) is 6.07 Å². The molecule has 0 radical (unpaired) electrons. The Labute approximate surface area is 149 Å². The van der Waals surface area contributed by atoms with Gasteiger partial charge >= 0.3 is 0 Å². The predicted octanol–water partition coefficient (Wildman–Crippen LogP) is 3.32. The van der Waals surface area contributed by atoms with Crippen LogP contribution in [0.4, 0.5) is 17.1 Å². The molecule has 124 valence electrons. The molecule has 0 saturated carbocycles. The first-order chi connectivity index (χ1) is 12.0. The van der Waals surface area contributed by atoms with Crippen molar-refractivity contribution in [1.82, 2.24) is 0 Å². The zero-order valence-corrected chi connectivity index (χ0v) is 14.0. The van der Waals surface area contributed by atoms with Crippen molar-refractivity contribution in [3.63, 3.8) is 0 Å². The fourth-order valence-corrected chi connectivity index (χ4v) is 3.31. The number of nitro benzene ring substituents is 1. The molecule has 9 heteroatoms. The summed E-state index contributed by atoms with van der Waals surface area (Å²) in [6, 6.07) is 9.47. The van der Waals surface area contributed by atoms with Gasteiger partial charge in [-0.2, -0.15) is 0 Å². The summed E-state index contributed by atoms with van der Waals surface area (Å²) in [4.78, 5) is 23.0. The Bertz CT molecular complexity index is 1030. The van der Waals surface area contributed by atoms with Gasteiger partial charge in [0, 0.05) is 39.1 Å². The number of nitrogens with zero attached hydrogens (tertiary/aromatic N) is 2. The highest BCUT2D eigenvalue weighted by molar-refractivity contribution is 9.10. The van der Waals surface area contributed by atoms with Crippen LogP contribution in [0.25, 0.3) is 5.57 Å². The number of non-ortho nitro benzene ring substituents is 1. The van der Waals surface area contributed by atoms with Gasteiger partial charge in [0.15, 0.2) is 0 Å². The number of nitro groups is 1. The van der Waals surface area contributed by atoms with Crippen molar-refractivity contribution in [2.45, 2.75) is 0 Å². The molecule has 0 fully saturated rings. The minimum Gasteiger partial charge on any atom is -0.410 e. The third kappa shape index (κ3) is 2.28. The summed E-state index contributed by atoms with van der Waals surface area (Å²) in [5, 5.41) is 29.6. The molecule has 0 unspecified atom stereocenters. The molecular formula is C16H9BrN4O4. The lowest BCUT2D eigenvalue weighted by molar-refractivity contribution is -0.384. The van der Waals surface area contributed by atoms with E-state index < -0.39 is 10.8 Å². The molecule has 2 aliphatic rings. The van der Waals surface area contributed by atoms with E-state index in [0.717, 1.165) is 4.47 Å². The Hall–Kier alpha value is -3.20. The molecule has 4 rings (SSSR count). The van der Waals surface area contributed by atoms with Crippen LogP contribution in [-0.2, 0) is 4.79 Å². The van der Waals surface area contributed by atoms with Crippen LogP contribution in [0.5, 0.6) is 0 Å². The van der Waals surface area contributed by atoms with Crippen LogP contribution in [0.3, 0.4) is 0 Å². The van der Waals surface area contributed by atoms with Gasteiger partial charge in [0.05, 0.1) is 16.2 Å². The minimum atomic E-state index is -0.527. The van der Waals surface area contributed by atoms with Gasteiger partial charge < -0.3 is 15.8 Å². The zero-order chi connectivity index (χ0) is 17.7. The molecule has 1 amide bonds. The second kappa shape index (κ2) is 5.42. The Balaban J connectivity index is 1.95. The van der Waals surface area contributed by atoms with Crippen LogP contribution in [-0.4, -0.2) is 21.7 Å². The number of nitrogens with one attached hydrogen (secondary N) is 2. The molecule has 0 aliphatic carbocycles. The lowest BCUT2D eigenvalue weighted by Crippen LogP contribution is -2.12. The molecule has 2 aromatic rings. The van der Waals surface area contributed by atoms with Gasteiger partial charge in [0.2, 0.25) is 0 Å². The molecule has 2 aliphatic heterocycles. The monoisotopic (exact) mass is 400 g/mol. The third-order valence-electron chi connectivity index (χ3n) is 4.04. The first kappa shape index (κ1) is 15.3. The van der Waals surface area contributed by atoms with Crippen molar-refractivity contribution in [3.05, 3.63) is 67.8 Å². The molecule has 0 atom stereocenters. The lowest BCUT2D eigenvalue weighted by atomic mass is 10.0. The first-order valence-electron chi connectivity index (χ1n) is 7.13. The summed E-state index contributed by atoms with van der Waals surface area (Å²) in [5.41, 5.74) is 2.70. The molecule has 8 nitrogen and oxygen atoms in total. The average molecular weight is 401 g/mol. The van der Waals surface area contributed by atoms with Crippen LogP contribution in [0.15, 0.2) is 51.7 Å². The van der Waals surface area contributed by atoms with E-state index >= 15 is 0 Å². The van der Waals surface area contributed by atoms with Crippen molar-refractivity contribution in [2.75, 3.05) is 10.6 Å². The number of carbonyl (C=O) groups is 1. The van der Waals surface area contributed by atoms with E-state index in [1.165, 1.54) is 18.2 Å². The highest BCUT2D eigenvalue weighted by atomic mass is 79.9. The van der Waals surface area contributed by atoms with E-state index in [0.29, 0.717) is 28.2 Å². The number of carbonyl (C=O) groups excluding carboxylic acids is 1. The number of benzene rings is 2. The van der Waals surface area contributed by atoms with Gasteiger partial charge in [-0.3, -0.25) is 14.9 Å². The molecule has 0 aromatic heterocycles. The number of anilines is 2. The standard InChI is InChI=1S/C16H9BrN4O4/c17-7-1-3-12-10(5-7)14(20-23)15(18-12)13-9-6-8(21(24)25)2-4-11(9)19-16(13)22/h1-6,18,23H,(H,19,22)/b15-13-,20-14+. The van der Waals surface area contributed by atoms with Crippen LogP contribution in [0.1, 0.15) is 11.1 Å². The molecule has 3 N–H and O–H groups in total. The van der Waals surface area contributed by atoms with Gasteiger partial charge in [-0.1, -0.05) is 21.1 Å². The second-order valence-electron chi connectivity index (χ2n) is 5.45. The summed E-state index contributed by atoms with van der Waals surface area (Å²) >= 11 is 3.35. The maximum atomic E-state index is 12.5. The van der Waals surface area contributed by atoms with E-state index in [2.05, 4.69) is 31.7 Å². The van der Waals surface area contributed by atoms with Crippen molar-refractivity contribution in [1.29, 1.82) is 0 Å². The number of oxime groups is 1. The maximum absolute atomic E-state index is 12.5. The summed E-state index contributed by atoms with van der Waals surface area (Å²) < 4.78 is 0.785. The van der Waals surface area contributed by atoms with Gasteiger partial charge in [-0.05, 0) is 24.3 Å². The first-order valence-corrected chi connectivity index (χ1v) is 7.92. The number of fused-ring (bicyclic) bond motifs is 2. The van der Waals surface area contributed by atoms with Gasteiger partial charge in [-0.15, -0.1) is 0 Å². The van der Waals surface area contributed by atoms with Gasteiger partial charge in [-0.25, -0.2) is 0 Å². The number of allylic oxidation sites excluding steroid dienone is 1. The maximum Gasteiger partial charge on any atom is 0.270 e. The lowest BCUT2D eigenvalue weighted by Gasteiger charge is -2.05.